The Labute approximate surface area is 127 Å². The lowest BCUT2D eigenvalue weighted by atomic mass is 10.1. The molecule has 0 aliphatic carbocycles. The lowest BCUT2D eigenvalue weighted by Crippen LogP contribution is -2.51. The molecule has 1 saturated heterocycles. The minimum absolute atomic E-state index is 0.0972. The summed E-state index contributed by atoms with van der Waals surface area (Å²) in [6.45, 7) is 4.00. The lowest BCUT2D eigenvalue weighted by molar-refractivity contribution is -0.310. The van der Waals surface area contributed by atoms with Crippen LogP contribution in [0.4, 0.5) is 4.39 Å². The first-order valence-corrected chi connectivity index (χ1v) is 7.86. The molecule has 1 aromatic rings. The van der Waals surface area contributed by atoms with Crippen molar-refractivity contribution in [2.75, 3.05) is 5.75 Å². The van der Waals surface area contributed by atoms with Gasteiger partial charge in [0.1, 0.15) is 5.82 Å². The molecule has 0 bridgehead atoms. The van der Waals surface area contributed by atoms with Crippen molar-refractivity contribution < 1.29 is 19.1 Å². The van der Waals surface area contributed by atoms with Gasteiger partial charge >= 0.3 is 0 Å². The number of rotatable bonds is 4. The number of hydrogen-bond donors (Lipinski definition) is 0. The van der Waals surface area contributed by atoms with E-state index in [9.17, 15) is 19.1 Å². The molecule has 1 aliphatic heterocycles. The summed E-state index contributed by atoms with van der Waals surface area (Å²) >= 11 is 1.41. The van der Waals surface area contributed by atoms with Crippen LogP contribution in [0.3, 0.4) is 0 Å². The van der Waals surface area contributed by atoms with Crippen LogP contribution in [-0.2, 0) is 4.79 Å². The van der Waals surface area contributed by atoms with Gasteiger partial charge in [-0.3, -0.25) is 4.79 Å². The minimum atomic E-state index is -1.29. The second-order valence-electron chi connectivity index (χ2n) is 5.44. The number of aliphatic carboxylic acids is 1. The van der Waals surface area contributed by atoms with E-state index in [-0.39, 0.29) is 16.7 Å². The Morgan fingerprint density at radius 3 is 2.67 bits per heavy atom. The zero-order valence-electron chi connectivity index (χ0n) is 11.9. The Bertz CT molecular complexity index is 549. The third kappa shape index (κ3) is 3.37. The normalized spacial score (nSPS) is 21.8. The Balaban J connectivity index is 2.32. The SMILES string of the molecule is CC(C)C[C@@H]1SC[C@H](C(=O)[O-])N1C(=O)c1ccccc1F. The molecule has 0 N–H and O–H groups in total. The van der Waals surface area contributed by atoms with Crippen molar-refractivity contribution in [1.29, 1.82) is 0 Å². The molecular weight excluding hydrogens is 293 g/mol. The molecule has 0 spiro atoms. The van der Waals surface area contributed by atoms with E-state index < -0.39 is 23.7 Å². The van der Waals surface area contributed by atoms with Gasteiger partial charge in [0.25, 0.3) is 5.91 Å². The number of nitrogens with zero attached hydrogens (tertiary/aromatic N) is 1. The molecular formula is C15H17FNO3S-. The fourth-order valence-electron chi connectivity index (χ4n) is 2.38. The van der Waals surface area contributed by atoms with Gasteiger partial charge in [-0.25, -0.2) is 4.39 Å². The molecule has 2 rings (SSSR count). The van der Waals surface area contributed by atoms with Crippen molar-refractivity contribution in [2.45, 2.75) is 31.7 Å². The number of carbonyl (C=O) groups excluding carboxylic acids is 2. The second kappa shape index (κ2) is 6.47. The summed E-state index contributed by atoms with van der Waals surface area (Å²) in [5.74, 6) is -1.94. The molecule has 1 heterocycles. The van der Waals surface area contributed by atoms with Gasteiger partial charge in [-0.1, -0.05) is 26.0 Å². The van der Waals surface area contributed by atoms with E-state index in [0.717, 1.165) is 0 Å². The highest BCUT2D eigenvalue weighted by molar-refractivity contribution is 8.00. The standard InChI is InChI=1S/C15H18FNO3S/c1-9(2)7-13-17(12(8-21-13)15(19)20)14(18)10-5-3-4-6-11(10)16/h3-6,9,12-13H,7-8H2,1-2H3,(H,19,20)/p-1/t12-,13+/m1/s1. The molecule has 0 saturated carbocycles. The van der Waals surface area contributed by atoms with E-state index in [2.05, 4.69) is 0 Å². The van der Waals surface area contributed by atoms with Crippen LogP contribution in [0.5, 0.6) is 0 Å². The highest BCUT2D eigenvalue weighted by Crippen LogP contribution is 2.34. The molecule has 2 atom stereocenters. The third-order valence-electron chi connectivity index (χ3n) is 3.38. The predicted molar refractivity (Wildman–Crippen MR) is 77.1 cm³/mol. The molecule has 0 unspecified atom stereocenters. The maximum absolute atomic E-state index is 13.8. The van der Waals surface area contributed by atoms with Crippen molar-refractivity contribution in [3.8, 4) is 0 Å². The third-order valence-corrected chi connectivity index (χ3v) is 4.69. The highest BCUT2D eigenvalue weighted by atomic mass is 32.2. The topological polar surface area (TPSA) is 60.4 Å². The summed E-state index contributed by atoms with van der Waals surface area (Å²) in [4.78, 5) is 25.1. The lowest BCUT2D eigenvalue weighted by Gasteiger charge is -2.31. The number of halogens is 1. The average Bonchev–Trinajstić information content (AvgIpc) is 2.81. The molecule has 1 aromatic carbocycles. The Kier molecular flexibility index (Phi) is 4.88. The first kappa shape index (κ1) is 15.8. The highest BCUT2D eigenvalue weighted by Gasteiger charge is 2.39. The van der Waals surface area contributed by atoms with E-state index in [1.54, 1.807) is 6.07 Å². The summed E-state index contributed by atoms with van der Waals surface area (Å²) in [7, 11) is 0. The summed E-state index contributed by atoms with van der Waals surface area (Å²) in [6, 6.07) is 4.62. The van der Waals surface area contributed by atoms with Crippen molar-refractivity contribution in [3.63, 3.8) is 0 Å². The summed E-state index contributed by atoms with van der Waals surface area (Å²) in [6.07, 6.45) is 0.661. The van der Waals surface area contributed by atoms with Gasteiger partial charge in [0, 0.05) is 5.75 Å². The van der Waals surface area contributed by atoms with Gasteiger partial charge in [-0.15, -0.1) is 11.8 Å². The summed E-state index contributed by atoms with van der Waals surface area (Å²) < 4.78 is 13.8. The number of amides is 1. The van der Waals surface area contributed by atoms with Crippen LogP contribution in [0.15, 0.2) is 24.3 Å². The first-order valence-electron chi connectivity index (χ1n) is 6.81. The van der Waals surface area contributed by atoms with Crippen LogP contribution in [0, 0.1) is 11.7 Å². The number of hydrogen-bond acceptors (Lipinski definition) is 4. The van der Waals surface area contributed by atoms with Crippen molar-refractivity contribution >= 4 is 23.6 Å². The molecule has 6 heteroatoms. The van der Waals surface area contributed by atoms with Crippen LogP contribution >= 0.6 is 11.8 Å². The van der Waals surface area contributed by atoms with Crippen LogP contribution in [0.25, 0.3) is 0 Å². The molecule has 1 aliphatic rings. The molecule has 4 nitrogen and oxygen atoms in total. The maximum atomic E-state index is 13.8. The van der Waals surface area contributed by atoms with E-state index in [1.165, 1.54) is 34.9 Å². The molecule has 1 fully saturated rings. The molecule has 114 valence electrons. The largest absolute Gasteiger partial charge is 0.548 e. The van der Waals surface area contributed by atoms with E-state index in [4.69, 9.17) is 0 Å². The van der Waals surface area contributed by atoms with Crippen molar-refractivity contribution in [3.05, 3.63) is 35.6 Å². The van der Waals surface area contributed by atoms with Crippen LogP contribution in [0.2, 0.25) is 0 Å². The van der Waals surface area contributed by atoms with E-state index in [1.807, 2.05) is 13.8 Å². The minimum Gasteiger partial charge on any atom is -0.548 e. The monoisotopic (exact) mass is 310 g/mol. The Morgan fingerprint density at radius 2 is 2.10 bits per heavy atom. The Hall–Kier alpha value is -1.56. The molecule has 1 amide bonds. The second-order valence-corrected chi connectivity index (χ2v) is 6.66. The first-order chi connectivity index (χ1) is 9.91. The predicted octanol–water partition coefficient (Wildman–Crippen LogP) is 1.51. The van der Waals surface area contributed by atoms with Crippen molar-refractivity contribution in [2.24, 2.45) is 5.92 Å². The number of carbonyl (C=O) groups is 2. The summed E-state index contributed by atoms with van der Waals surface area (Å²) in [5.41, 5.74) is -0.0972. The molecule has 0 radical (unpaired) electrons. The maximum Gasteiger partial charge on any atom is 0.258 e. The zero-order chi connectivity index (χ0) is 15.6. The number of benzene rings is 1. The van der Waals surface area contributed by atoms with Gasteiger partial charge < -0.3 is 14.8 Å². The smallest absolute Gasteiger partial charge is 0.258 e. The summed E-state index contributed by atoms with van der Waals surface area (Å²) in [5, 5.41) is 11.0. The number of carboxylic acids is 1. The van der Waals surface area contributed by atoms with Gasteiger partial charge in [0.05, 0.1) is 22.9 Å². The average molecular weight is 310 g/mol. The van der Waals surface area contributed by atoms with Gasteiger partial charge in [-0.05, 0) is 24.5 Å². The zero-order valence-corrected chi connectivity index (χ0v) is 12.7. The van der Waals surface area contributed by atoms with Gasteiger partial charge in [0.15, 0.2) is 0 Å². The number of carboxylic acid groups (broad SMARTS) is 1. The van der Waals surface area contributed by atoms with Crippen LogP contribution in [0.1, 0.15) is 30.6 Å². The fraction of sp³-hybridized carbons (Fsp3) is 0.467. The van der Waals surface area contributed by atoms with Crippen molar-refractivity contribution in [1.82, 2.24) is 4.90 Å². The van der Waals surface area contributed by atoms with Crippen LogP contribution in [-0.4, -0.2) is 33.9 Å². The molecule has 21 heavy (non-hydrogen) atoms. The number of thioether (sulfide) groups is 1. The fourth-order valence-corrected chi connectivity index (χ4v) is 4.00. The molecule has 0 aromatic heterocycles. The van der Waals surface area contributed by atoms with E-state index >= 15 is 0 Å². The van der Waals surface area contributed by atoms with E-state index in [0.29, 0.717) is 12.3 Å². The Morgan fingerprint density at radius 1 is 1.43 bits per heavy atom. The van der Waals surface area contributed by atoms with Gasteiger partial charge in [0.2, 0.25) is 0 Å². The quantitative estimate of drug-likeness (QED) is 0.846. The van der Waals surface area contributed by atoms with Crippen LogP contribution < -0.4 is 5.11 Å². The van der Waals surface area contributed by atoms with Gasteiger partial charge in [-0.2, -0.15) is 0 Å².